The molecule has 2 aromatic carbocycles. The van der Waals surface area contributed by atoms with Crippen molar-refractivity contribution in [2.45, 2.75) is 25.7 Å². The van der Waals surface area contributed by atoms with Gasteiger partial charge < -0.3 is 19.7 Å². The number of ether oxygens (including phenoxy) is 2. The first kappa shape index (κ1) is 23.8. The van der Waals surface area contributed by atoms with Crippen LogP contribution in [0.2, 0.25) is 0 Å². The highest BCUT2D eigenvalue weighted by Crippen LogP contribution is 2.28. The first-order chi connectivity index (χ1) is 16.2. The SMILES string of the molecule is COc1cc(C)c(S(=O)(=O)Nc2ccc(Nc3nc(C)cc(N4CCOCC4)n3)cc2)cc1C. The van der Waals surface area contributed by atoms with Crippen LogP contribution in [0.5, 0.6) is 5.75 Å². The Bertz CT molecular complexity index is 1270. The van der Waals surface area contributed by atoms with Crippen LogP contribution < -0.4 is 19.7 Å². The van der Waals surface area contributed by atoms with Crippen molar-refractivity contribution in [3.8, 4) is 5.75 Å². The number of morpholine rings is 1. The molecule has 2 heterocycles. The van der Waals surface area contributed by atoms with Crippen molar-refractivity contribution in [3.63, 3.8) is 0 Å². The highest BCUT2D eigenvalue weighted by molar-refractivity contribution is 7.92. The van der Waals surface area contributed by atoms with Gasteiger partial charge in [0.05, 0.1) is 25.2 Å². The molecule has 0 unspecified atom stereocenters. The lowest BCUT2D eigenvalue weighted by Crippen LogP contribution is -2.36. The second kappa shape index (κ2) is 9.86. The molecule has 1 saturated heterocycles. The number of aromatic nitrogens is 2. The predicted molar refractivity (Wildman–Crippen MR) is 133 cm³/mol. The Morgan fingerprint density at radius 2 is 1.62 bits per heavy atom. The lowest BCUT2D eigenvalue weighted by atomic mass is 10.1. The van der Waals surface area contributed by atoms with Gasteiger partial charge in [0, 0.05) is 36.2 Å². The van der Waals surface area contributed by atoms with Crippen molar-refractivity contribution >= 4 is 33.2 Å². The van der Waals surface area contributed by atoms with Crippen LogP contribution in [-0.4, -0.2) is 51.8 Å². The van der Waals surface area contributed by atoms with Crippen LogP contribution in [0, 0.1) is 20.8 Å². The molecule has 0 aliphatic carbocycles. The summed E-state index contributed by atoms with van der Waals surface area (Å²) in [5, 5.41) is 3.20. The van der Waals surface area contributed by atoms with Crippen LogP contribution in [0.1, 0.15) is 16.8 Å². The Balaban J connectivity index is 1.49. The van der Waals surface area contributed by atoms with Gasteiger partial charge in [-0.25, -0.2) is 13.4 Å². The van der Waals surface area contributed by atoms with Gasteiger partial charge in [0.25, 0.3) is 10.0 Å². The second-order valence-electron chi connectivity index (χ2n) is 8.19. The van der Waals surface area contributed by atoms with Crippen molar-refractivity contribution < 1.29 is 17.9 Å². The van der Waals surface area contributed by atoms with Gasteiger partial charge in [0.15, 0.2) is 0 Å². The molecule has 34 heavy (non-hydrogen) atoms. The summed E-state index contributed by atoms with van der Waals surface area (Å²) in [5.41, 5.74) is 3.42. The van der Waals surface area contributed by atoms with E-state index < -0.39 is 10.0 Å². The fourth-order valence-corrected chi connectivity index (χ4v) is 5.17. The molecule has 1 aliphatic heterocycles. The molecule has 0 atom stereocenters. The van der Waals surface area contributed by atoms with Crippen LogP contribution in [-0.2, 0) is 14.8 Å². The summed E-state index contributed by atoms with van der Waals surface area (Å²) < 4.78 is 39.3. The van der Waals surface area contributed by atoms with Gasteiger partial charge in [-0.15, -0.1) is 0 Å². The number of anilines is 4. The largest absolute Gasteiger partial charge is 0.496 e. The molecule has 0 saturated carbocycles. The molecule has 0 radical (unpaired) electrons. The van der Waals surface area contributed by atoms with Crippen molar-refractivity contribution in [2.24, 2.45) is 0 Å². The molecular weight excluding hydrogens is 454 g/mol. The molecule has 180 valence electrons. The highest BCUT2D eigenvalue weighted by Gasteiger charge is 2.19. The maximum absolute atomic E-state index is 13.0. The third-order valence-electron chi connectivity index (χ3n) is 5.55. The molecule has 1 aliphatic rings. The predicted octanol–water partition coefficient (Wildman–Crippen LogP) is 3.79. The number of nitrogens with zero attached hydrogens (tertiary/aromatic N) is 3. The van der Waals surface area contributed by atoms with Gasteiger partial charge in [-0.3, -0.25) is 4.72 Å². The van der Waals surface area contributed by atoms with Crippen LogP contribution in [0.15, 0.2) is 47.4 Å². The second-order valence-corrected chi connectivity index (χ2v) is 9.84. The minimum absolute atomic E-state index is 0.219. The van der Waals surface area contributed by atoms with Gasteiger partial charge in [-0.1, -0.05) is 0 Å². The maximum Gasteiger partial charge on any atom is 0.262 e. The average Bonchev–Trinajstić information content (AvgIpc) is 2.81. The zero-order valence-electron chi connectivity index (χ0n) is 19.8. The Morgan fingerprint density at radius 3 is 2.29 bits per heavy atom. The summed E-state index contributed by atoms with van der Waals surface area (Å²) in [4.78, 5) is 11.5. The van der Waals surface area contributed by atoms with Gasteiger partial charge >= 0.3 is 0 Å². The van der Waals surface area contributed by atoms with Crippen molar-refractivity contribution in [1.82, 2.24) is 9.97 Å². The minimum atomic E-state index is -3.75. The van der Waals surface area contributed by atoms with Gasteiger partial charge in [0.1, 0.15) is 11.6 Å². The van der Waals surface area contributed by atoms with E-state index in [2.05, 4.69) is 24.9 Å². The summed E-state index contributed by atoms with van der Waals surface area (Å²) in [6, 6.07) is 12.3. The van der Waals surface area contributed by atoms with E-state index in [0.29, 0.717) is 36.2 Å². The molecule has 0 spiro atoms. The molecule has 9 nitrogen and oxygen atoms in total. The number of nitrogens with one attached hydrogen (secondary N) is 2. The number of hydrogen-bond acceptors (Lipinski definition) is 8. The first-order valence-corrected chi connectivity index (χ1v) is 12.5. The zero-order valence-corrected chi connectivity index (χ0v) is 20.6. The molecular formula is C24H29N5O4S. The lowest BCUT2D eigenvalue weighted by molar-refractivity contribution is 0.122. The lowest BCUT2D eigenvalue weighted by Gasteiger charge is -2.28. The smallest absolute Gasteiger partial charge is 0.262 e. The van der Waals surface area contributed by atoms with E-state index in [1.807, 2.05) is 19.9 Å². The number of aryl methyl sites for hydroxylation is 3. The number of hydrogen-bond donors (Lipinski definition) is 2. The number of methoxy groups -OCH3 is 1. The fraction of sp³-hybridized carbons (Fsp3) is 0.333. The fourth-order valence-electron chi connectivity index (χ4n) is 3.80. The molecule has 4 rings (SSSR count). The summed E-state index contributed by atoms with van der Waals surface area (Å²) in [6.45, 7) is 8.43. The highest BCUT2D eigenvalue weighted by atomic mass is 32.2. The molecule has 3 aromatic rings. The van der Waals surface area contributed by atoms with Crippen LogP contribution in [0.4, 0.5) is 23.1 Å². The Labute approximate surface area is 200 Å². The van der Waals surface area contributed by atoms with E-state index in [4.69, 9.17) is 9.47 Å². The molecule has 0 amide bonds. The maximum atomic E-state index is 13.0. The third kappa shape index (κ3) is 5.40. The summed E-state index contributed by atoms with van der Waals surface area (Å²) in [5.74, 6) is 1.99. The number of rotatable bonds is 7. The normalized spacial score (nSPS) is 14.1. The molecule has 1 aromatic heterocycles. The van der Waals surface area contributed by atoms with Crippen LogP contribution in [0.25, 0.3) is 0 Å². The van der Waals surface area contributed by atoms with E-state index >= 15 is 0 Å². The van der Waals surface area contributed by atoms with E-state index in [9.17, 15) is 8.42 Å². The quantitative estimate of drug-likeness (QED) is 0.523. The molecule has 0 bridgehead atoms. The average molecular weight is 484 g/mol. The number of sulfonamides is 1. The van der Waals surface area contributed by atoms with Crippen molar-refractivity contribution in [1.29, 1.82) is 0 Å². The van der Waals surface area contributed by atoms with Gasteiger partial charge in [-0.05, 0) is 68.3 Å². The Morgan fingerprint density at radius 1 is 0.941 bits per heavy atom. The third-order valence-corrected chi connectivity index (χ3v) is 7.07. The summed E-state index contributed by atoms with van der Waals surface area (Å²) in [6.07, 6.45) is 0. The first-order valence-electron chi connectivity index (χ1n) is 11.0. The van der Waals surface area contributed by atoms with Crippen LogP contribution in [0.3, 0.4) is 0 Å². The molecule has 1 fully saturated rings. The monoisotopic (exact) mass is 483 g/mol. The Hall–Kier alpha value is -3.37. The van der Waals surface area contributed by atoms with E-state index in [0.717, 1.165) is 35.9 Å². The van der Waals surface area contributed by atoms with E-state index in [-0.39, 0.29) is 4.90 Å². The van der Waals surface area contributed by atoms with Crippen LogP contribution >= 0.6 is 0 Å². The topological polar surface area (TPSA) is 106 Å². The van der Waals surface area contributed by atoms with Gasteiger partial charge in [0.2, 0.25) is 5.95 Å². The molecule has 10 heteroatoms. The van der Waals surface area contributed by atoms with Gasteiger partial charge in [-0.2, -0.15) is 4.98 Å². The van der Waals surface area contributed by atoms with Crippen molar-refractivity contribution in [2.75, 3.05) is 48.4 Å². The summed E-state index contributed by atoms with van der Waals surface area (Å²) >= 11 is 0. The minimum Gasteiger partial charge on any atom is -0.496 e. The van der Waals surface area contributed by atoms with E-state index in [1.54, 1.807) is 50.4 Å². The van der Waals surface area contributed by atoms with Crippen molar-refractivity contribution in [3.05, 3.63) is 59.3 Å². The molecule has 2 N–H and O–H groups in total. The summed E-state index contributed by atoms with van der Waals surface area (Å²) in [7, 11) is -2.19. The zero-order chi connectivity index (χ0) is 24.3. The number of benzene rings is 2. The standard InChI is InChI=1S/C24H29N5O4S/c1-16-14-22(17(2)13-21(16)32-4)34(30,31)28-20-7-5-19(6-8-20)26-24-25-18(3)15-23(27-24)29-9-11-33-12-10-29/h5-8,13-15,28H,9-12H2,1-4H3,(H,25,26,27). The Kier molecular flexibility index (Phi) is 6.90. The van der Waals surface area contributed by atoms with E-state index in [1.165, 1.54) is 0 Å².